The van der Waals surface area contributed by atoms with Crippen LogP contribution in [0.1, 0.15) is 37.8 Å². The van der Waals surface area contributed by atoms with E-state index in [4.69, 9.17) is 0 Å². The van der Waals surface area contributed by atoms with E-state index in [2.05, 4.69) is 10.6 Å². The summed E-state index contributed by atoms with van der Waals surface area (Å²) in [4.78, 5) is 12.9. The van der Waals surface area contributed by atoms with Gasteiger partial charge in [-0.05, 0) is 74.6 Å². The number of carbonyl (C=O) groups excluding carboxylic acids is 1. The number of hydrogen-bond acceptors (Lipinski definition) is 5. The van der Waals surface area contributed by atoms with Crippen molar-refractivity contribution in [3.05, 3.63) is 47.5 Å². The van der Waals surface area contributed by atoms with Crippen LogP contribution in [0, 0.1) is 0 Å². The van der Waals surface area contributed by atoms with Gasteiger partial charge in [0.25, 0.3) is 0 Å². The molecule has 2 aliphatic rings. The van der Waals surface area contributed by atoms with E-state index in [1.165, 1.54) is 12.1 Å². The van der Waals surface area contributed by atoms with Crippen molar-refractivity contribution in [2.75, 3.05) is 10.6 Å². The van der Waals surface area contributed by atoms with Gasteiger partial charge >= 0.3 is 0 Å². The average molecular weight is 368 g/mol. The number of aliphatic hydroxyl groups is 1. The van der Waals surface area contributed by atoms with Crippen molar-refractivity contribution in [1.29, 1.82) is 0 Å². The van der Waals surface area contributed by atoms with E-state index in [-0.39, 0.29) is 23.4 Å². The molecule has 1 aliphatic heterocycles. The fourth-order valence-corrected chi connectivity index (χ4v) is 3.71. The van der Waals surface area contributed by atoms with E-state index < -0.39 is 11.0 Å². The molecule has 1 fully saturated rings. The zero-order valence-electron chi connectivity index (χ0n) is 15.4. The van der Waals surface area contributed by atoms with Gasteiger partial charge in [0.1, 0.15) is 0 Å². The summed E-state index contributed by atoms with van der Waals surface area (Å²) in [7, 11) is 0. The lowest BCUT2D eigenvalue weighted by Gasteiger charge is -2.25. The molecule has 2 aromatic rings. The second kappa shape index (κ2) is 5.89. The van der Waals surface area contributed by atoms with Gasteiger partial charge in [0.2, 0.25) is 5.91 Å². The maximum Gasteiger partial charge on any atom is 0.235 e. The Bertz CT molecular complexity index is 913. The molecular weight excluding hydrogens is 344 g/mol. The maximum absolute atomic E-state index is 12.9. The molecule has 0 bridgehead atoms. The first-order valence-electron chi connectivity index (χ1n) is 9.15. The highest BCUT2D eigenvalue weighted by Gasteiger charge is 2.51. The molecule has 6 nitrogen and oxygen atoms in total. The lowest BCUT2D eigenvalue weighted by molar-refractivity contribution is -0.118. The summed E-state index contributed by atoms with van der Waals surface area (Å²) in [5.74, 6) is -0.521. The smallest absolute Gasteiger partial charge is 0.235 e. The number of rotatable bonds is 4. The second-order valence-electron chi connectivity index (χ2n) is 8.17. The van der Waals surface area contributed by atoms with Crippen LogP contribution < -0.4 is 10.6 Å². The number of nitrogens with one attached hydrogen (secondary N) is 2. The number of fused-ring (bicyclic) bond motifs is 1. The molecule has 0 spiro atoms. The van der Waals surface area contributed by atoms with Crippen LogP contribution in [0.5, 0.6) is 11.5 Å². The molecule has 27 heavy (non-hydrogen) atoms. The standard InChI is InChI=1S/C21H24N2O4/c1-20(2,27)18-10-12-9-14(4-5-15(12)23-18)22-19(26)21(7-8-21)13-3-6-16(24)17(25)11-13/h3-6,9,11,18,23-25,27H,7-8,10H2,1-2H3,(H,22,26). The molecule has 142 valence electrons. The summed E-state index contributed by atoms with van der Waals surface area (Å²) in [6.07, 6.45) is 2.10. The van der Waals surface area contributed by atoms with Gasteiger partial charge in [-0.25, -0.2) is 0 Å². The van der Waals surface area contributed by atoms with Crippen molar-refractivity contribution < 1.29 is 20.1 Å². The van der Waals surface area contributed by atoms with Crippen LogP contribution in [-0.4, -0.2) is 32.9 Å². The minimum atomic E-state index is -0.832. The van der Waals surface area contributed by atoms with Crippen molar-refractivity contribution >= 4 is 17.3 Å². The Hall–Kier alpha value is -2.73. The number of amides is 1. The molecular formula is C21H24N2O4. The van der Waals surface area contributed by atoms with Crippen LogP contribution in [-0.2, 0) is 16.6 Å². The molecule has 1 amide bonds. The van der Waals surface area contributed by atoms with E-state index in [0.29, 0.717) is 30.5 Å². The molecule has 4 rings (SSSR count). The summed E-state index contributed by atoms with van der Waals surface area (Å²) < 4.78 is 0. The molecule has 1 unspecified atom stereocenters. The minimum absolute atomic E-state index is 0.0619. The monoisotopic (exact) mass is 368 g/mol. The van der Waals surface area contributed by atoms with E-state index in [0.717, 1.165) is 11.3 Å². The first-order valence-corrected chi connectivity index (χ1v) is 9.15. The summed E-state index contributed by atoms with van der Waals surface area (Å²) in [5, 5.41) is 35.8. The molecule has 0 radical (unpaired) electrons. The number of benzene rings is 2. The summed E-state index contributed by atoms with van der Waals surface area (Å²) in [6, 6.07) is 10.2. The first kappa shape index (κ1) is 17.7. The fourth-order valence-electron chi connectivity index (χ4n) is 3.71. The highest BCUT2D eigenvalue weighted by atomic mass is 16.3. The molecule has 1 saturated carbocycles. The number of phenols is 2. The number of aromatic hydroxyl groups is 2. The normalized spacial score (nSPS) is 19.9. The van der Waals surface area contributed by atoms with Crippen molar-refractivity contribution in [2.24, 2.45) is 0 Å². The van der Waals surface area contributed by atoms with E-state index in [1.54, 1.807) is 19.9 Å². The third-order valence-electron chi connectivity index (χ3n) is 5.68. The number of phenolic OH excluding ortho intramolecular Hbond substituents is 2. The van der Waals surface area contributed by atoms with Crippen LogP contribution >= 0.6 is 0 Å². The average Bonchev–Trinajstić information content (AvgIpc) is 3.29. The number of anilines is 2. The molecule has 0 aromatic heterocycles. The highest BCUT2D eigenvalue weighted by molar-refractivity contribution is 6.01. The van der Waals surface area contributed by atoms with Gasteiger partial charge in [0, 0.05) is 11.4 Å². The van der Waals surface area contributed by atoms with Gasteiger partial charge in [-0.2, -0.15) is 0 Å². The Balaban J connectivity index is 1.52. The quantitative estimate of drug-likeness (QED) is 0.534. The Kier molecular flexibility index (Phi) is 3.85. The largest absolute Gasteiger partial charge is 0.504 e. The minimum Gasteiger partial charge on any atom is -0.504 e. The maximum atomic E-state index is 12.9. The summed E-state index contributed by atoms with van der Waals surface area (Å²) >= 11 is 0. The molecule has 1 heterocycles. The van der Waals surface area contributed by atoms with E-state index in [9.17, 15) is 20.1 Å². The third kappa shape index (κ3) is 3.10. The second-order valence-corrected chi connectivity index (χ2v) is 8.17. The SMILES string of the molecule is CC(C)(O)C1Cc2cc(NC(=O)C3(c4ccc(O)c(O)c4)CC3)ccc2N1. The van der Waals surface area contributed by atoms with Crippen molar-refractivity contribution in [3.8, 4) is 11.5 Å². The van der Waals surface area contributed by atoms with Crippen LogP contribution in [0.15, 0.2) is 36.4 Å². The van der Waals surface area contributed by atoms with Gasteiger partial charge in [-0.3, -0.25) is 4.79 Å². The van der Waals surface area contributed by atoms with Crippen molar-refractivity contribution in [3.63, 3.8) is 0 Å². The molecule has 1 aliphatic carbocycles. The molecule has 5 N–H and O–H groups in total. The third-order valence-corrected chi connectivity index (χ3v) is 5.68. The molecule has 0 saturated heterocycles. The number of carbonyl (C=O) groups is 1. The zero-order chi connectivity index (χ0) is 19.4. The lowest BCUT2D eigenvalue weighted by Crippen LogP contribution is -2.40. The van der Waals surface area contributed by atoms with Crippen LogP contribution in [0.25, 0.3) is 0 Å². The predicted molar refractivity (Wildman–Crippen MR) is 103 cm³/mol. The van der Waals surface area contributed by atoms with Crippen LogP contribution in [0.3, 0.4) is 0 Å². The van der Waals surface area contributed by atoms with Crippen LogP contribution in [0.2, 0.25) is 0 Å². The Morgan fingerprint density at radius 2 is 1.89 bits per heavy atom. The Morgan fingerprint density at radius 1 is 1.15 bits per heavy atom. The van der Waals surface area contributed by atoms with Gasteiger partial charge < -0.3 is 26.0 Å². The van der Waals surface area contributed by atoms with Gasteiger partial charge in [0.05, 0.1) is 17.1 Å². The molecule has 6 heteroatoms. The van der Waals surface area contributed by atoms with Crippen LogP contribution in [0.4, 0.5) is 11.4 Å². The van der Waals surface area contributed by atoms with Gasteiger partial charge in [0.15, 0.2) is 11.5 Å². The Morgan fingerprint density at radius 3 is 2.52 bits per heavy atom. The van der Waals surface area contributed by atoms with Crippen molar-refractivity contribution in [2.45, 2.75) is 50.2 Å². The first-order chi connectivity index (χ1) is 12.7. The zero-order valence-corrected chi connectivity index (χ0v) is 15.4. The van der Waals surface area contributed by atoms with Gasteiger partial charge in [-0.15, -0.1) is 0 Å². The Labute approximate surface area is 157 Å². The topological polar surface area (TPSA) is 102 Å². The number of hydrogen-bond donors (Lipinski definition) is 5. The fraction of sp³-hybridized carbons (Fsp3) is 0.381. The van der Waals surface area contributed by atoms with E-state index in [1.807, 2.05) is 18.2 Å². The van der Waals surface area contributed by atoms with Crippen molar-refractivity contribution in [1.82, 2.24) is 0 Å². The van der Waals surface area contributed by atoms with E-state index >= 15 is 0 Å². The van der Waals surface area contributed by atoms with Gasteiger partial charge in [-0.1, -0.05) is 6.07 Å². The highest BCUT2D eigenvalue weighted by Crippen LogP contribution is 2.50. The lowest BCUT2D eigenvalue weighted by atomic mass is 9.94. The molecule has 1 atom stereocenters. The summed E-state index contributed by atoms with van der Waals surface area (Å²) in [5.41, 5.74) is 1.97. The predicted octanol–water partition coefficient (Wildman–Crippen LogP) is 2.88. The summed E-state index contributed by atoms with van der Waals surface area (Å²) in [6.45, 7) is 3.56. The molecule has 2 aromatic carbocycles.